The summed E-state index contributed by atoms with van der Waals surface area (Å²) < 4.78 is 0. The Morgan fingerprint density at radius 2 is 1.83 bits per heavy atom. The first-order chi connectivity index (χ1) is 5.61. The maximum Gasteiger partial charge on any atom is 0.224 e. The molecule has 4 heteroatoms. The zero-order valence-electron chi connectivity index (χ0n) is 7.45. The van der Waals surface area contributed by atoms with Gasteiger partial charge in [-0.3, -0.25) is 0 Å². The Hall–Kier alpha value is -0.640. The molecule has 1 unspecified atom stereocenters. The van der Waals surface area contributed by atoms with E-state index in [1.807, 2.05) is 38.3 Å². The van der Waals surface area contributed by atoms with E-state index in [2.05, 4.69) is 25.9 Å². The summed E-state index contributed by atoms with van der Waals surface area (Å²) in [5, 5.41) is 0. The summed E-state index contributed by atoms with van der Waals surface area (Å²) in [5.41, 5.74) is 1.10. The van der Waals surface area contributed by atoms with Crippen LogP contribution in [0.2, 0.25) is 0 Å². The Bertz CT molecular complexity index is 216. The molecule has 0 aliphatic carbocycles. The summed E-state index contributed by atoms with van der Waals surface area (Å²) >= 11 is 3.45. The van der Waals surface area contributed by atoms with Gasteiger partial charge in [0.15, 0.2) is 0 Å². The molecular formula is C8H12BrN3. The van der Waals surface area contributed by atoms with Crippen LogP contribution in [0.3, 0.4) is 0 Å². The third-order valence-electron chi connectivity index (χ3n) is 1.52. The lowest BCUT2D eigenvalue weighted by atomic mass is 10.3. The molecule has 0 radical (unpaired) electrons. The van der Waals surface area contributed by atoms with Gasteiger partial charge in [-0.2, -0.15) is 0 Å². The average Bonchev–Trinajstić information content (AvgIpc) is 2.04. The van der Waals surface area contributed by atoms with Gasteiger partial charge in [-0.05, 0) is 6.92 Å². The summed E-state index contributed by atoms with van der Waals surface area (Å²) in [4.78, 5) is 10.6. The van der Waals surface area contributed by atoms with E-state index >= 15 is 0 Å². The summed E-state index contributed by atoms with van der Waals surface area (Å²) in [6.45, 7) is 2.05. The standard InChI is InChI=1S/C8H12BrN3/c1-6(9)7-4-10-8(11-5-7)12(2)3/h4-6H,1-3H3. The Balaban J connectivity index is 2.86. The number of hydrogen-bond donors (Lipinski definition) is 0. The minimum absolute atomic E-state index is 0.314. The topological polar surface area (TPSA) is 29.0 Å². The Labute approximate surface area is 81.0 Å². The van der Waals surface area contributed by atoms with Crippen molar-refractivity contribution in [3.63, 3.8) is 0 Å². The number of halogens is 1. The van der Waals surface area contributed by atoms with E-state index in [1.165, 1.54) is 0 Å². The molecule has 1 rings (SSSR count). The highest BCUT2D eigenvalue weighted by molar-refractivity contribution is 9.09. The molecule has 0 saturated carbocycles. The molecule has 66 valence electrons. The van der Waals surface area contributed by atoms with Gasteiger partial charge < -0.3 is 4.90 Å². The lowest BCUT2D eigenvalue weighted by Gasteiger charge is -2.10. The lowest BCUT2D eigenvalue weighted by Crippen LogP contribution is -2.12. The highest BCUT2D eigenvalue weighted by atomic mass is 79.9. The van der Waals surface area contributed by atoms with Crippen LogP contribution in [0.25, 0.3) is 0 Å². The zero-order valence-corrected chi connectivity index (χ0v) is 9.04. The van der Waals surface area contributed by atoms with Crippen molar-refractivity contribution in [3.05, 3.63) is 18.0 Å². The van der Waals surface area contributed by atoms with Crippen molar-refractivity contribution in [2.75, 3.05) is 19.0 Å². The molecule has 0 aromatic carbocycles. The van der Waals surface area contributed by atoms with E-state index in [-0.39, 0.29) is 0 Å². The zero-order chi connectivity index (χ0) is 9.14. The summed E-state index contributed by atoms with van der Waals surface area (Å²) in [7, 11) is 3.85. The van der Waals surface area contributed by atoms with Gasteiger partial charge in [0.05, 0.1) is 0 Å². The second-order valence-corrected chi connectivity index (χ2v) is 4.20. The molecule has 0 N–H and O–H groups in total. The molecule has 0 aliphatic heterocycles. The highest BCUT2D eigenvalue weighted by Crippen LogP contribution is 2.20. The lowest BCUT2D eigenvalue weighted by molar-refractivity contribution is 0.965. The van der Waals surface area contributed by atoms with Gasteiger partial charge in [-0.25, -0.2) is 9.97 Å². The maximum absolute atomic E-state index is 4.18. The van der Waals surface area contributed by atoms with Crippen molar-refractivity contribution in [1.29, 1.82) is 0 Å². The molecule has 0 amide bonds. The molecule has 3 nitrogen and oxygen atoms in total. The Morgan fingerprint density at radius 1 is 1.33 bits per heavy atom. The van der Waals surface area contributed by atoms with E-state index in [1.54, 1.807) is 0 Å². The summed E-state index contributed by atoms with van der Waals surface area (Å²) in [6, 6.07) is 0. The number of anilines is 1. The number of hydrogen-bond acceptors (Lipinski definition) is 3. The van der Waals surface area contributed by atoms with Crippen LogP contribution in [0.15, 0.2) is 12.4 Å². The van der Waals surface area contributed by atoms with Crippen LogP contribution in [-0.4, -0.2) is 24.1 Å². The summed E-state index contributed by atoms with van der Waals surface area (Å²) in [5.74, 6) is 0.743. The Morgan fingerprint density at radius 3 is 2.17 bits per heavy atom. The molecule has 1 aromatic rings. The molecule has 1 atom stereocenters. The molecular weight excluding hydrogens is 218 g/mol. The van der Waals surface area contributed by atoms with E-state index in [0.717, 1.165) is 11.5 Å². The molecule has 0 aliphatic rings. The van der Waals surface area contributed by atoms with Gasteiger partial charge in [0.1, 0.15) is 0 Å². The first kappa shape index (κ1) is 9.45. The third-order valence-corrected chi connectivity index (χ3v) is 2.05. The quantitative estimate of drug-likeness (QED) is 0.727. The van der Waals surface area contributed by atoms with Crippen molar-refractivity contribution in [2.24, 2.45) is 0 Å². The monoisotopic (exact) mass is 229 g/mol. The molecule has 0 fully saturated rings. The first-order valence-electron chi connectivity index (χ1n) is 3.74. The van der Waals surface area contributed by atoms with E-state index < -0.39 is 0 Å². The normalized spacial score (nSPS) is 12.7. The van der Waals surface area contributed by atoms with E-state index in [4.69, 9.17) is 0 Å². The summed E-state index contributed by atoms with van der Waals surface area (Å²) in [6.07, 6.45) is 3.67. The van der Waals surface area contributed by atoms with Crippen molar-refractivity contribution in [2.45, 2.75) is 11.8 Å². The van der Waals surface area contributed by atoms with Crippen LogP contribution in [0.4, 0.5) is 5.95 Å². The molecule has 0 saturated heterocycles. The van der Waals surface area contributed by atoms with Crippen molar-refractivity contribution < 1.29 is 0 Å². The van der Waals surface area contributed by atoms with Crippen LogP contribution in [0.5, 0.6) is 0 Å². The highest BCUT2D eigenvalue weighted by Gasteiger charge is 2.02. The first-order valence-corrected chi connectivity index (χ1v) is 4.66. The molecule has 0 bridgehead atoms. The molecule has 0 spiro atoms. The van der Waals surface area contributed by atoms with Crippen molar-refractivity contribution in [3.8, 4) is 0 Å². The Kier molecular flexibility index (Phi) is 3.03. The van der Waals surface area contributed by atoms with Crippen molar-refractivity contribution in [1.82, 2.24) is 9.97 Å². The molecule has 1 aromatic heterocycles. The van der Waals surface area contributed by atoms with Crippen LogP contribution < -0.4 is 4.90 Å². The van der Waals surface area contributed by atoms with Gasteiger partial charge in [0, 0.05) is 36.9 Å². The fraction of sp³-hybridized carbons (Fsp3) is 0.500. The number of nitrogens with zero attached hydrogens (tertiary/aromatic N) is 3. The predicted octanol–water partition coefficient (Wildman–Crippen LogP) is 2.00. The van der Waals surface area contributed by atoms with Gasteiger partial charge >= 0.3 is 0 Å². The molecule has 12 heavy (non-hydrogen) atoms. The fourth-order valence-electron chi connectivity index (χ4n) is 0.768. The van der Waals surface area contributed by atoms with Gasteiger partial charge in [0.2, 0.25) is 5.95 Å². The number of rotatable bonds is 2. The second kappa shape index (κ2) is 3.85. The average molecular weight is 230 g/mol. The maximum atomic E-state index is 4.18. The SMILES string of the molecule is CC(Br)c1cnc(N(C)C)nc1. The van der Waals surface area contributed by atoms with E-state index in [0.29, 0.717) is 4.83 Å². The smallest absolute Gasteiger partial charge is 0.224 e. The molecule has 1 heterocycles. The number of aromatic nitrogens is 2. The van der Waals surface area contributed by atoms with Crippen LogP contribution in [0, 0.1) is 0 Å². The fourth-order valence-corrected chi connectivity index (χ4v) is 1.00. The number of alkyl halides is 1. The van der Waals surface area contributed by atoms with Crippen LogP contribution in [0.1, 0.15) is 17.3 Å². The second-order valence-electron chi connectivity index (χ2n) is 2.83. The minimum atomic E-state index is 0.314. The van der Waals surface area contributed by atoms with Crippen molar-refractivity contribution >= 4 is 21.9 Å². The minimum Gasteiger partial charge on any atom is -0.347 e. The van der Waals surface area contributed by atoms with Crippen LogP contribution in [-0.2, 0) is 0 Å². The van der Waals surface area contributed by atoms with E-state index in [9.17, 15) is 0 Å². The van der Waals surface area contributed by atoms with Gasteiger partial charge in [-0.15, -0.1) is 0 Å². The van der Waals surface area contributed by atoms with Gasteiger partial charge in [-0.1, -0.05) is 15.9 Å². The predicted molar refractivity (Wildman–Crippen MR) is 53.7 cm³/mol. The van der Waals surface area contributed by atoms with Gasteiger partial charge in [0.25, 0.3) is 0 Å². The third kappa shape index (κ3) is 2.17. The van der Waals surface area contributed by atoms with Crippen LogP contribution >= 0.6 is 15.9 Å². The largest absolute Gasteiger partial charge is 0.347 e.